The van der Waals surface area contributed by atoms with Crippen LogP contribution in [0.25, 0.3) is 5.57 Å². The summed E-state index contributed by atoms with van der Waals surface area (Å²) >= 11 is 0. The molecule has 2 aliphatic heterocycles. The number of rotatable bonds is 9. The Kier molecular flexibility index (Phi) is 7.42. The van der Waals surface area contributed by atoms with Gasteiger partial charge in [0.15, 0.2) is 0 Å². The highest BCUT2D eigenvalue weighted by Gasteiger charge is 2.28. The largest absolute Gasteiger partial charge is 0.490 e. The number of hydrogen-bond donors (Lipinski definition) is 0. The first-order valence-electron chi connectivity index (χ1n) is 10.5. The summed E-state index contributed by atoms with van der Waals surface area (Å²) in [4.78, 5) is 0. The van der Waals surface area contributed by atoms with Crippen LogP contribution in [-0.4, -0.2) is 38.6 Å². The molecule has 2 atom stereocenters. The lowest BCUT2D eigenvalue weighted by molar-refractivity contribution is 0.252. The van der Waals surface area contributed by atoms with E-state index in [4.69, 9.17) is 18.9 Å². The Labute approximate surface area is 180 Å². The second-order valence-electron chi connectivity index (χ2n) is 8.47. The van der Waals surface area contributed by atoms with Gasteiger partial charge in [-0.3, -0.25) is 0 Å². The first kappa shape index (κ1) is 22.2. The van der Waals surface area contributed by atoms with Crippen molar-refractivity contribution in [3.8, 4) is 11.5 Å². The minimum atomic E-state index is -0.0958. The molecule has 0 aliphatic carbocycles. The van der Waals surface area contributed by atoms with Crippen LogP contribution in [0.5, 0.6) is 11.5 Å². The second-order valence-corrected chi connectivity index (χ2v) is 8.47. The minimum Gasteiger partial charge on any atom is -0.490 e. The molecule has 4 heteroatoms. The van der Waals surface area contributed by atoms with Crippen molar-refractivity contribution in [3.63, 3.8) is 0 Å². The van der Waals surface area contributed by atoms with E-state index in [1.807, 2.05) is 44.2 Å². The maximum atomic E-state index is 6.20. The van der Waals surface area contributed by atoms with E-state index in [-0.39, 0.29) is 17.6 Å². The Morgan fingerprint density at radius 2 is 1.67 bits per heavy atom. The van der Waals surface area contributed by atoms with E-state index in [0.717, 1.165) is 41.4 Å². The van der Waals surface area contributed by atoms with E-state index in [2.05, 4.69) is 44.4 Å². The van der Waals surface area contributed by atoms with Crippen LogP contribution in [0.3, 0.4) is 0 Å². The summed E-state index contributed by atoms with van der Waals surface area (Å²) in [7, 11) is 0. The van der Waals surface area contributed by atoms with Gasteiger partial charge in [0.1, 0.15) is 36.9 Å². The molecule has 2 aliphatic rings. The van der Waals surface area contributed by atoms with Crippen molar-refractivity contribution in [1.82, 2.24) is 0 Å². The van der Waals surface area contributed by atoms with Crippen LogP contribution in [0.1, 0.15) is 45.7 Å². The molecule has 3 rings (SSSR count). The van der Waals surface area contributed by atoms with Crippen LogP contribution in [0.15, 0.2) is 54.0 Å². The summed E-state index contributed by atoms with van der Waals surface area (Å²) in [6.45, 7) is 13.1. The van der Waals surface area contributed by atoms with Gasteiger partial charge in [-0.15, -0.1) is 11.5 Å². The topological polar surface area (TPSA) is 43.5 Å². The van der Waals surface area contributed by atoms with Gasteiger partial charge in [-0.2, -0.15) is 0 Å². The molecule has 0 aromatic heterocycles. The van der Waals surface area contributed by atoms with Crippen LogP contribution < -0.4 is 9.47 Å². The Hall–Kier alpha value is -2.48. The highest BCUT2D eigenvalue weighted by Crippen LogP contribution is 2.40. The van der Waals surface area contributed by atoms with Crippen LogP contribution in [0, 0.1) is 0 Å². The Bertz CT molecular complexity index is 896. The average Bonchev–Trinajstić information content (AvgIpc) is 3.61. The number of hydrogen-bond acceptors (Lipinski definition) is 4. The molecule has 0 N–H and O–H groups in total. The third kappa shape index (κ3) is 6.52. The monoisotopic (exact) mass is 408 g/mol. The summed E-state index contributed by atoms with van der Waals surface area (Å²) in [6, 6.07) is 4.18. The summed E-state index contributed by atoms with van der Waals surface area (Å²) in [5, 5.41) is 0. The fraction of sp³-hybridized carbons (Fsp3) is 0.462. The Balaban J connectivity index is 2.08. The molecular weight excluding hydrogens is 376 g/mol. The molecule has 2 unspecified atom stereocenters. The summed E-state index contributed by atoms with van der Waals surface area (Å²) < 4.78 is 23.1. The van der Waals surface area contributed by atoms with Gasteiger partial charge in [0.05, 0.1) is 13.2 Å². The SMILES string of the molecule is CC=C=CC=C=C(C=CC)c1cc(OCC2CO2)c(C(C)(C)C)cc1OCC1CO1. The molecule has 0 bridgehead atoms. The number of benzene rings is 1. The molecule has 2 heterocycles. The molecule has 0 amide bonds. The zero-order chi connectivity index (χ0) is 21.6. The van der Waals surface area contributed by atoms with Crippen molar-refractivity contribution >= 4 is 5.57 Å². The van der Waals surface area contributed by atoms with Crippen LogP contribution in [-0.2, 0) is 14.9 Å². The predicted octanol–water partition coefficient (Wildman–Crippen LogP) is 5.39. The molecule has 160 valence electrons. The second kappa shape index (κ2) is 10.0. The average molecular weight is 409 g/mol. The van der Waals surface area contributed by atoms with E-state index in [0.29, 0.717) is 13.2 Å². The van der Waals surface area contributed by atoms with Crippen molar-refractivity contribution in [2.75, 3.05) is 26.4 Å². The van der Waals surface area contributed by atoms with Gasteiger partial charge in [0, 0.05) is 16.7 Å². The molecule has 2 saturated heterocycles. The van der Waals surface area contributed by atoms with Crippen LogP contribution >= 0.6 is 0 Å². The summed E-state index contributed by atoms with van der Waals surface area (Å²) in [5.41, 5.74) is 9.28. The molecule has 0 radical (unpaired) electrons. The van der Waals surface area contributed by atoms with Gasteiger partial charge < -0.3 is 18.9 Å². The molecule has 4 nitrogen and oxygen atoms in total. The first-order chi connectivity index (χ1) is 14.4. The van der Waals surface area contributed by atoms with Crippen molar-refractivity contribution in [2.45, 2.75) is 52.2 Å². The molecular formula is C26H32O4. The van der Waals surface area contributed by atoms with Crippen molar-refractivity contribution in [1.29, 1.82) is 0 Å². The Morgan fingerprint density at radius 3 is 2.20 bits per heavy atom. The highest BCUT2D eigenvalue weighted by molar-refractivity contribution is 5.79. The predicted molar refractivity (Wildman–Crippen MR) is 120 cm³/mol. The molecule has 2 fully saturated rings. The van der Waals surface area contributed by atoms with Gasteiger partial charge in [-0.25, -0.2) is 0 Å². The zero-order valence-corrected chi connectivity index (χ0v) is 18.7. The van der Waals surface area contributed by atoms with E-state index in [9.17, 15) is 0 Å². The van der Waals surface area contributed by atoms with Crippen molar-refractivity contribution in [2.24, 2.45) is 0 Å². The molecule has 30 heavy (non-hydrogen) atoms. The van der Waals surface area contributed by atoms with Gasteiger partial charge in [0.2, 0.25) is 0 Å². The van der Waals surface area contributed by atoms with Crippen LogP contribution in [0.4, 0.5) is 0 Å². The van der Waals surface area contributed by atoms with E-state index >= 15 is 0 Å². The summed E-state index contributed by atoms with van der Waals surface area (Å²) in [6.07, 6.45) is 9.97. The van der Waals surface area contributed by atoms with E-state index in [1.165, 1.54) is 0 Å². The molecule has 0 saturated carbocycles. The summed E-state index contributed by atoms with van der Waals surface area (Å²) in [5.74, 6) is 1.67. The van der Waals surface area contributed by atoms with E-state index in [1.54, 1.807) is 0 Å². The van der Waals surface area contributed by atoms with Gasteiger partial charge >= 0.3 is 0 Å². The lowest BCUT2D eigenvalue weighted by Crippen LogP contribution is -2.16. The maximum absolute atomic E-state index is 6.20. The normalized spacial score (nSPS) is 19.5. The molecule has 1 aromatic rings. The minimum absolute atomic E-state index is 0.0958. The maximum Gasteiger partial charge on any atom is 0.128 e. The fourth-order valence-electron chi connectivity index (χ4n) is 2.95. The molecule has 0 spiro atoms. The highest BCUT2D eigenvalue weighted by atomic mass is 16.6. The van der Waals surface area contributed by atoms with Gasteiger partial charge in [-0.05, 0) is 49.6 Å². The number of epoxide rings is 2. The zero-order valence-electron chi connectivity index (χ0n) is 18.7. The lowest BCUT2D eigenvalue weighted by atomic mass is 9.84. The van der Waals surface area contributed by atoms with Crippen molar-refractivity contribution in [3.05, 3.63) is 65.1 Å². The standard InChI is InChI=1S/C26H32O4/c1-6-8-9-10-12-19(11-7-2)22-13-25(30-18-21-16-28-21)23(26(3,4)5)14-24(22)29-17-20-15-27-20/h6-7,9-11,13-14,20-21H,15-18H2,1-5H3. The Morgan fingerprint density at radius 1 is 1.03 bits per heavy atom. The van der Waals surface area contributed by atoms with Crippen LogP contribution in [0.2, 0.25) is 0 Å². The van der Waals surface area contributed by atoms with Gasteiger partial charge in [-0.1, -0.05) is 32.9 Å². The van der Waals surface area contributed by atoms with Crippen molar-refractivity contribution < 1.29 is 18.9 Å². The third-order valence-corrected chi connectivity index (χ3v) is 4.75. The lowest BCUT2D eigenvalue weighted by Gasteiger charge is -2.25. The fourth-order valence-corrected chi connectivity index (χ4v) is 2.95. The first-order valence-corrected chi connectivity index (χ1v) is 10.5. The third-order valence-electron chi connectivity index (χ3n) is 4.75. The smallest absolute Gasteiger partial charge is 0.128 e. The number of ether oxygens (including phenoxy) is 4. The van der Waals surface area contributed by atoms with Gasteiger partial charge in [0.25, 0.3) is 0 Å². The molecule has 1 aromatic carbocycles. The quantitative estimate of drug-likeness (QED) is 0.312. The number of allylic oxidation sites excluding steroid dienone is 4. The van der Waals surface area contributed by atoms with E-state index < -0.39 is 0 Å².